The average Bonchev–Trinajstić information content (AvgIpc) is 2.90. The van der Waals surface area contributed by atoms with Crippen molar-refractivity contribution in [3.8, 4) is 0 Å². The van der Waals surface area contributed by atoms with Gasteiger partial charge in [-0.15, -0.1) is 0 Å². The van der Waals surface area contributed by atoms with Crippen molar-refractivity contribution < 1.29 is 33.4 Å². The van der Waals surface area contributed by atoms with Crippen LogP contribution in [0.15, 0.2) is 60.7 Å². The highest BCUT2D eigenvalue weighted by Crippen LogP contribution is 2.09. The Bertz CT molecular complexity index is 1030. The molecule has 0 saturated carbocycles. The first-order chi connectivity index (χ1) is 18.7. The number of hydrogen-bond donors (Lipinski definition) is 3. The minimum Gasteiger partial charge on any atom is -0.462 e. The van der Waals surface area contributed by atoms with Crippen LogP contribution in [-0.4, -0.2) is 48.7 Å². The zero-order chi connectivity index (χ0) is 28.5. The number of benzene rings is 2. The molecule has 212 valence electrons. The molecule has 0 fully saturated rings. The zero-order valence-electron chi connectivity index (χ0n) is 22.6. The van der Waals surface area contributed by atoms with Crippen LogP contribution in [0.3, 0.4) is 0 Å². The molecule has 39 heavy (non-hydrogen) atoms. The number of nitrogens with one attached hydrogen (secondary N) is 2. The number of ether oxygens (including phenoxy) is 3. The Balaban J connectivity index is 1.80. The lowest BCUT2D eigenvalue weighted by Gasteiger charge is -2.19. The molecule has 2 rings (SSSR count). The first-order valence-corrected chi connectivity index (χ1v) is 13.1. The fourth-order valence-electron chi connectivity index (χ4n) is 3.61. The van der Waals surface area contributed by atoms with E-state index in [0.29, 0.717) is 25.8 Å². The van der Waals surface area contributed by atoms with Gasteiger partial charge in [0.1, 0.15) is 25.4 Å². The fourth-order valence-corrected chi connectivity index (χ4v) is 3.61. The van der Waals surface area contributed by atoms with Crippen molar-refractivity contribution in [2.45, 2.75) is 77.4 Å². The van der Waals surface area contributed by atoms with Gasteiger partial charge in [-0.1, -0.05) is 60.7 Å². The number of alkyl carbamates (subject to hydrolysis) is 1. The molecular weight excluding hydrogens is 502 g/mol. The number of nitrogens with two attached hydrogens (primary N) is 1. The minimum absolute atomic E-state index is 0.0498. The molecule has 0 aliphatic heterocycles. The van der Waals surface area contributed by atoms with E-state index in [4.69, 9.17) is 19.9 Å². The van der Waals surface area contributed by atoms with Crippen molar-refractivity contribution in [3.05, 3.63) is 71.8 Å². The molecule has 10 nitrogen and oxygen atoms in total. The molecule has 10 heteroatoms. The van der Waals surface area contributed by atoms with Gasteiger partial charge in [0.05, 0.1) is 12.8 Å². The number of esters is 2. The van der Waals surface area contributed by atoms with E-state index in [9.17, 15) is 19.2 Å². The van der Waals surface area contributed by atoms with Gasteiger partial charge in [0.15, 0.2) is 0 Å². The third-order valence-electron chi connectivity index (χ3n) is 5.54. The molecule has 3 atom stereocenters. The summed E-state index contributed by atoms with van der Waals surface area (Å²) in [5, 5.41) is 5.37. The molecule has 0 aliphatic carbocycles. The molecule has 0 saturated heterocycles. The number of rotatable bonds is 16. The Labute approximate surface area is 229 Å². The highest BCUT2D eigenvalue weighted by atomic mass is 16.6. The Hall–Kier alpha value is -3.92. The summed E-state index contributed by atoms with van der Waals surface area (Å²) in [4.78, 5) is 49.1. The van der Waals surface area contributed by atoms with E-state index in [2.05, 4.69) is 10.6 Å². The Morgan fingerprint density at radius 1 is 0.821 bits per heavy atom. The van der Waals surface area contributed by atoms with Crippen molar-refractivity contribution in [3.63, 3.8) is 0 Å². The first-order valence-electron chi connectivity index (χ1n) is 13.1. The molecule has 2 aromatic rings. The molecule has 0 aliphatic rings. The van der Waals surface area contributed by atoms with Crippen LogP contribution in [0.4, 0.5) is 4.79 Å². The summed E-state index contributed by atoms with van der Waals surface area (Å²) in [7, 11) is 0. The van der Waals surface area contributed by atoms with E-state index in [-0.39, 0.29) is 32.1 Å². The molecule has 2 aromatic carbocycles. The van der Waals surface area contributed by atoms with Crippen molar-refractivity contribution >= 4 is 23.9 Å². The lowest BCUT2D eigenvalue weighted by atomic mass is 10.1. The lowest BCUT2D eigenvalue weighted by Crippen LogP contribution is -2.43. The van der Waals surface area contributed by atoms with Gasteiger partial charge in [0.25, 0.3) is 0 Å². The number of carbonyl (C=O) groups is 4. The van der Waals surface area contributed by atoms with E-state index in [1.165, 1.54) is 0 Å². The monoisotopic (exact) mass is 541 g/mol. The summed E-state index contributed by atoms with van der Waals surface area (Å²) in [6.07, 6.45) is 0.129. The summed E-state index contributed by atoms with van der Waals surface area (Å²) in [5.41, 5.74) is 7.31. The summed E-state index contributed by atoms with van der Waals surface area (Å²) in [5.74, 6) is -1.50. The van der Waals surface area contributed by atoms with Crippen molar-refractivity contribution in [1.29, 1.82) is 0 Å². The maximum absolute atomic E-state index is 12.8. The second-order valence-corrected chi connectivity index (χ2v) is 9.38. The van der Waals surface area contributed by atoms with E-state index >= 15 is 0 Å². The molecule has 4 N–H and O–H groups in total. The van der Waals surface area contributed by atoms with Crippen LogP contribution in [0, 0.1) is 0 Å². The van der Waals surface area contributed by atoms with Crippen LogP contribution >= 0.6 is 0 Å². The highest BCUT2D eigenvalue weighted by molar-refractivity contribution is 5.84. The lowest BCUT2D eigenvalue weighted by molar-refractivity contribution is -0.152. The smallest absolute Gasteiger partial charge is 0.407 e. The summed E-state index contributed by atoms with van der Waals surface area (Å²) in [6.45, 7) is 3.89. The van der Waals surface area contributed by atoms with Crippen molar-refractivity contribution in [2.24, 2.45) is 5.73 Å². The fraction of sp³-hybridized carbons (Fsp3) is 0.448. The van der Waals surface area contributed by atoms with Crippen LogP contribution in [0.25, 0.3) is 0 Å². The highest BCUT2D eigenvalue weighted by Gasteiger charge is 2.24. The Kier molecular flexibility index (Phi) is 14.1. The topological polar surface area (TPSA) is 146 Å². The Morgan fingerprint density at radius 3 is 2.00 bits per heavy atom. The van der Waals surface area contributed by atoms with Crippen molar-refractivity contribution in [2.75, 3.05) is 6.54 Å². The maximum Gasteiger partial charge on any atom is 0.407 e. The molecular formula is C29H39N3O7. The van der Waals surface area contributed by atoms with E-state index in [0.717, 1.165) is 11.1 Å². The molecule has 0 aromatic heterocycles. The molecule has 2 amide bonds. The number of carbonyl (C=O) groups excluding carboxylic acids is 4. The summed E-state index contributed by atoms with van der Waals surface area (Å²) >= 11 is 0. The third kappa shape index (κ3) is 14.0. The van der Waals surface area contributed by atoms with Gasteiger partial charge in [-0.25, -0.2) is 9.59 Å². The minimum atomic E-state index is -0.891. The SMILES string of the molecule is C[C@H](N)CC(=O)O[C@H](C)CC(=O)N[C@@H](CCCCNC(=O)OCc1ccccc1)C(=O)OCc1ccccc1. The van der Waals surface area contributed by atoms with Crippen LogP contribution in [0.2, 0.25) is 0 Å². The second kappa shape index (κ2) is 17.6. The zero-order valence-corrected chi connectivity index (χ0v) is 22.6. The van der Waals surface area contributed by atoms with Gasteiger partial charge in [0, 0.05) is 12.6 Å². The van der Waals surface area contributed by atoms with Gasteiger partial charge in [-0.3, -0.25) is 9.59 Å². The number of hydrogen-bond acceptors (Lipinski definition) is 8. The quantitative estimate of drug-likeness (QED) is 0.167. The average molecular weight is 542 g/mol. The van der Waals surface area contributed by atoms with Crippen LogP contribution in [-0.2, 0) is 41.8 Å². The van der Waals surface area contributed by atoms with E-state index in [1.54, 1.807) is 13.8 Å². The van der Waals surface area contributed by atoms with Crippen LogP contribution < -0.4 is 16.4 Å². The molecule has 0 heterocycles. The van der Waals surface area contributed by atoms with Gasteiger partial charge < -0.3 is 30.6 Å². The van der Waals surface area contributed by atoms with Gasteiger partial charge >= 0.3 is 18.0 Å². The van der Waals surface area contributed by atoms with E-state index < -0.39 is 36.1 Å². The van der Waals surface area contributed by atoms with Gasteiger partial charge in [0.2, 0.25) is 5.91 Å². The van der Waals surface area contributed by atoms with Gasteiger partial charge in [-0.2, -0.15) is 0 Å². The molecule has 0 spiro atoms. The van der Waals surface area contributed by atoms with Crippen LogP contribution in [0.5, 0.6) is 0 Å². The molecule has 0 unspecified atom stereocenters. The largest absolute Gasteiger partial charge is 0.462 e. The van der Waals surface area contributed by atoms with Crippen molar-refractivity contribution in [1.82, 2.24) is 10.6 Å². The molecule has 0 bridgehead atoms. The number of unbranched alkanes of at least 4 members (excludes halogenated alkanes) is 1. The first kappa shape index (κ1) is 31.3. The summed E-state index contributed by atoms with van der Waals surface area (Å²) < 4.78 is 15.8. The predicted molar refractivity (Wildman–Crippen MR) is 145 cm³/mol. The van der Waals surface area contributed by atoms with E-state index in [1.807, 2.05) is 60.7 Å². The number of amides is 2. The maximum atomic E-state index is 12.8. The predicted octanol–water partition coefficient (Wildman–Crippen LogP) is 3.37. The third-order valence-corrected chi connectivity index (χ3v) is 5.54. The van der Waals surface area contributed by atoms with Crippen LogP contribution in [0.1, 0.15) is 57.1 Å². The normalized spacial score (nSPS) is 12.9. The standard InChI is InChI=1S/C29H39N3O7/c1-21(30)17-27(34)39-22(2)18-26(33)32-25(28(35)37-19-23-11-5-3-6-12-23)15-9-10-16-31-29(36)38-20-24-13-7-4-8-14-24/h3-8,11-14,21-22,25H,9-10,15-20,30H2,1-2H3,(H,31,36)(H,32,33)/t21-,22+,25-/m0/s1. The summed E-state index contributed by atoms with van der Waals surface area (Å²) in [6, 6.07) is 17.3. The van der Waals surface area contributed by atoms with Gasteiger partial charge in [-0.05, 0) is 44.2 Å². The Morgan fingerprint density at radius 2 is 1.41 bits per heavy atom. The molecule has 0 radical (unpaired) electrons. The second-order valence-electron chi connectivity index (χ2n) is 9.38.